The predicted molar refractivity (Wildman–Crippen MR) is 69.0 cm³/mol. The van der Waals surface area contributed by atoms with Crippen molar-refractivity contribution in [1.29, 1.82) is 0 Å². The summed E-state index contributed by atoms with van der Waals surface area (Å²) in [6.45, 7) is 9.08. The Morgan fingerprint density at radius 3 is 3.00 bits per heavy atom. The van der Waals surface area contributed by atoms with Crippen molar-refractivity contribution in [3.8, 4) is 0 Å². The number of hydrogen-bond acceptors (Lipinski definition) is 3. The van der Waals surface area contributed by atoms with Crippen molar-refractivity contribution in [2.75, 3.05) is 19.6 Å². The molecule has 1 atom stereocenters. The molecule has 4 heteroatoms. The minimum absolute atomic E-state index is 0. The highest BCUT2D eigenvalue weighted by atomic mass is 35.5. The molecule has 0 aromatic carbocycles. The molecule has 1 N–H and O–H groups in total. The number of nitrogens with zero attached hydrogens (tertiary/aromatic N) is 1. The first-order valence-electron chi connectivity index (χ1n) is 5.25. The Labute approximate surface area is 102 Å². The van der Waals surface area contributed by atoms with E-state index in [9.17, 15) is 0 Å². The SMILES string of the molecule is Cc1ccsc1CN1CCNCC1C.Cl. The maximum absolute atomic E-state index is 3.42. The Morgan fingerprint density at radius 2 is 2.40 bits per heavy atom. The molecule has 1 fully saturated rings. The third-order valence-corrected chi connectivity index (χ3v) is 3.96. The highest BCUT2D eigenvalue weighted by molar-refractivity contribution is 7.10. The van der Waals surface area contributed by atoms with Gasteiger partial charge in [0, 0.05) is 37.1 Å². The number of halogens is 1. The molecule has 1 aliphatic heterocycles. The van der Waals surface area contributed by atoms with Crippen molar-refractivity contribution in [1.82, 2.24) is 10.2 Å². The van der Waals surface area contributed by atoms with Gasteiger partial charge in [-0.2, -0.15) is 0 Å². The third-order valence-electron chi connectivity index (χ3n) is 2.95. The molecule has 86 valence electrons. The Morgan fingerprint density at radius 1 is 1.60 bits per heavy atom. The molecule has 0 bridgehead atoms. The summed E-state index contributed by atoms with van der Waals surface area (Å²) in [4.78, 5) is 4.09. The van der Waals surface area contributed by atoms with Crippen LogP contribution in [0.5, 0.6) is 0 Å². The maximum atomic E-state index is 3.42. The van der Waals surface area contributed by atoms with Gasteiger partial charge in [0.15, 0.2) is 0 Å². The lowest BCUT2D eigenvalue weighted by Crippen LogP contribution is -2.49. The monoisotopic (exact) mass is 246 g/mol. The number of piperazine rings is 1. The van der Waals surface area contributed by atoms with Gasteiger partial charge in [0.25, 0.3) is 0 Å². The summed E-state index contributed by atoms with van der Waals surface area (Å²) in [5, 5.41) is 5.61. The van der Waals surface area contributed by atoms with Crippen molar-refractivity contribution in [3.63, 3.8) is 0 Å². The largest absolute Gasteiger partial charge is 0.314 e. The van der Waals surface area contributed by atoms with Crippen LogP contribution >= 0.6 is 23.7 Å². The second-order valence-corrected chi connectivity index (χ2v) is 5.05. The van der Waals surface area contributed by atoms with E-state index < -0.39 is 0 Å². The lowest BCUT2D eigenvalue weighted by molar-refractivity contribution is 0.167. The van der Waals surface area contributed by atoms with Crippen LogP contribution < -0.4 is 5.32 Å². The van der Waals surface area contributed by atoms with E-state index in [-0.39, 0.29) is 12.4 Å². The minimum atomic E-state index is 0. The average Bonchev–Trinajstić information content (AvgIpc) is 2.56. The topological polar surface area (TPSA) is 15.3 Å². The molecule has 0 radical (unpaired) electrons. The van der Waals surface area contributed by atoms with E-state index in [0.717, 1.165) is 19.6 Å². The zero-order valence-corrected chi connectivity index (χ0v) is 11.0. The fourth-order valence-corrected chi connectivity index (χ4v) is 2.80. The van der Waals surface area contributed by atoms with Gasteiger partial charge in [-0.25, -0.2) is 0 Å². The van der Waals surface area contributed by atoms with Crippen LogP contribution in [0.3, 0.4) is 0 Å². The molecule has 0 saturated carbocycles. The van der Waals surface area contributed by atoms with Crippen LogP contribution in [0.2, 0.25) is 0 Å². The van der Waals surface area contributed by atoms with Gasteiger partial charge in [-0.05, 0) is 30.9 Å². The molecule has 1 aliphatic rings. The molecule has 0 aliphatic carbocycles. The van der Waals surface area contributed by atoms with Crippen LogP contribution in [-0.4, -0.2) is 30.6 Å². The van der Waals surface area contributed by atoms with Crippen molar-refractivity contribution < 1.29 is 0 Å². The molecule has 1 unspecified atom stereocenters. The summed E-state index contributed by atoms with van der Waals surface area (Å²) in [6.07, 6.45) is 0. The van der Waals surface area contributed by atoms with Crippen LogP contribution in [-0.2, 0) is 6.54 Å². The highest BCUT2D eigenvalue weighted by Crippen LogP contribution is 2.19. The lowest BCUT2D eigenvalue weighted by atomic mass is 10.2. The first-order chi connectivity index (χ1) is 6.77. The molecule has 2 rings (SSSR count). The normalized spacial score (nSPS) is 22.4. The zero-order chi connectivity index (χ0) is 9.97. The minimum Gasteiger partial charge on any atom is -0.314 e. The van der Waals surface area contributed by atoms with Gasteiger partial charge >= 0.3 is 0 Å². The standard InChI is InChI=1S/C11H18N2S.ClH/c1-9-3-6-14-11(9)8-13-5-4-12-7-10(13)2;/h3,6,10,12H,4-5,7-8H2,1-2H3;1H. The smallest absolute Gasteiger partial charge is 0.0334 e. The van der Waals surface area contributed by atoms with E-state index in [2.05, 4.69) is 35.5 Å². The number of rotatable bonds is 2. The molecule has 0 amide bonds. The van der Waals surface area contributed by atoms with Crippen LogP contribution in [0.1, 0.15) is 17.4 Å². The Balaban J connectivity index is 0.00000112. The predicted octanol–water partition coefficient (Wildman–Crippen LogP) is 2.27. The van der Waals surface area contributed by atoms with E-state index in [4.69, 9.17) is 0 Å². The molecule has 15 heavy (non-hydrogen) atoms. The van der Waals surface area contributed by atoms with Crippen LogP contribution in [0, 0.1) is 6.92 Å². The van der Waals surface area contributed by atoms with Crippen molar-refractivity contribution in [3.05, 3.63) is 21.9 Å². The molecule has 1 saturated heterocycles. The van der Waals surface area contributed by atoms with Gasteiger partial charge in [-0.15, -0.1) is 23.7 Å². The third kappa shape index (κ3) is 3.18. The van der Waals surface area contributed by atoms with E-state index in [1.54, 1.807) is 0 Å². The molecule has 2 nitrogen and oxygen atoms in total. The molecular formula is C11H19ClN2S. The van der Waals surface area contributed by atoms with Crippen molar-refractivity contribution in [2.45, 2.75) is 26.4 Å². The number of thiophene rings is 1. The summed E-state index contributed by atoms with van der Waals surface area (Å²) in [6, 6.07) is 2.89. The molecule has 1 aromatic rings. The summed E-state index contributed by atoms with van der Waals surface area (Å²) >= 11 is 1.88. The molecule has 2 heterocycles. The Kier molecular flexibility index (Phi) is 5.06. The average molecular weight is 247 g/mol. The first-order valence-corrected chi connectivity index (χ1v) is 6.13. The Hall–Kier alpha value is -0.0900. The summed E-state index contributed by atoms with van der Waals surface area (Å²) in [5.41, 5.74) is 1.45. The van der Waals surface area contributed by atoms with E-state index in [1.165, 1.54) is 17.0 Å². The second-order valence-electron chi connectivity index (χ2n) is 4.05. The van der Waals surface area contributed by atoms with Crippen molar-refractivity contribution >= 4 is 23.7 Å². The van der Waals surface area contributed by atoms with E-state index in [1.807, 2.05) is 11.3 Å². The van der Waals surface area contributed by atoms with Gasteiger partial charge in [-0.3, -0.25) is 4.90 Å². The summed E-state index contributed by atoms with van der Waals surface area (Å²) < 4.78 is 0. The second kappa shape index (κ2) is 5.85. The highest BCUT2D eigenvalue weighted by Gasteiger charge is 2.18. The van der Waals surface area contributed by atoms with Crippen LogP contribution in [0.25, 0.3) is 0 Å². The molecule has 0 spiro atoms. The number of hydrogen-bond donors (Lipinski definition) is 1. The van der Waals surface area contributed by atoms with Gasteiger partial charge < -0.3 is 5.32 Å². The molecular weight excluding hydrogens is 228 g/mol. The quantitative estimate of drug-likeness (QED) is 0.862. The van der Waals surface area contributed by atoms with Gasteiger partial charge in [0.05, 0.1) is 0 Å². The summed E-state index contributed by atoms with van der Waals surface area (Å²) in [7, 11) is 0. The zero-order valence-electron chi connectivity index (χ0n) is 9.32. The number of aryl methyl sites for hydroxylation is 1. The number of nitrogens with one attached hydrogen (secondary N) is 1. The van der Waals surface area contributed by atoms with Gasteiger partial charge in [0.1, 0.15) is 0 Å². The van der Waals surface area contributed by atoms with E-state index in [0.29, 0.717) is 6.04 Å². The van der Waals surface area contributed by atoms with Crippen LogP contribution in [0.15, 0.2) is 11.4 Å². The van der Waals surface area contributed by atoms with Crippen LogP contribution in [0.4, 0.5) is 0 Å². The fourth-order valence-electron chi connectivity index (χ4n) is 1.87. The molecule has 1 aromatic heterocycles. The maximum Gasteiger partial charge on any atom is 0.0334 e. The lowest BCUT2D eigenvalue weighted by Gasteiger charge is -2.33. The van der Waals surface area contributed by atoms with Gasteiger partial charge in [0.2, 0.25) is 0 Å². The van der Waals surface area contributed by atoms with E-state index >= 15 is 0 Å². The Bertz CT molecular complexity index is 301. The fraction of sp³-hybridized carbons (Fsp3) is 0.636. The summed E-state index contributed by atoms with van der Waals surface area (Å²) in [5.74, 6) is 0. The first kappa shape index (κ1) is 13.0. The van der Waals surface area contributed by atoms with Gasteiger partial charge in [-0.1, -0.05) is 0 Å². The van der Waals surface area contributed by atoms with Crippen molar-refractivity contribution in [2.24, 2.45) is 0 Å².